The van der Waals surface area contributed by atoms with Crippen LogP contribution in [0, 0.1) is 6.92 Å². The van der Waals surface area contributed by atoms with E-state index in [1.54, 1.807) is 4.52 Å². The second-order valence-electron chi connectivity index (χ2n) is 7.20. The van der Waals surface area contributed by atoms with Crippen molar-refractivity contribution in [1.29, 1.82) is 0 Å². The van der Waals surface area contributed by atoms with Gasteiger partial charge in [0, 0.05) is 26.2 Å². The number of carbonyl (C=O) groups is 1. The lowest BCUT2D eigenvalue weighted by Crippen LogP contribution is -2.35. The molecular formula is C20H21N9O. The predicted molar refractivity (Wildman–Crippen MR) is 110 cm³/mol. The minimum Gasteiger partial charge on any atom is -0.353 e. The van der Waals surface area contributed by atoms with E-state index in [9.17, 15) is 4.79 Å². The second-order valence-corrected chi connectivity index (χ2v) is 7.20. The van der Waals surface area contributed by atoms with Crippen molar-refractivity contribution >= 4 is 17.4 Å². The summed E-state index contributed by atoms with van der Waals surface area (Å²) in [5.74, 6) is 1.51. The van der Waals surface area contributed by atoms with Crippen LogP contribution in [0.5, 0.6) is 0 Å². The smallest absolute Gasteiger partial charge is 0.276 e. The summed E-state index contributed by atoms with van der Waals surface area (Å²) in [6.45, 7) is 4.65. The van der Waals surface area contributed by atoms with Crippen LogP contribution in [0.15, 0.2) is 48.7 Å². The molecule has 0 N–H and O–H groups in total. The molecule has 1 amide bonds. The Hall–Kier alpha value is -3.82. The van der Waals surface area contributed by atoms with E-state index < -0.39 is 0 Å². The van der Waals surface area contributed by atoms with Crippen LogP contribution >= 0.6 is 0 Å². The third kappa shape index (κ3) is 3.36. The fourth-order valence-electron chi connectivity index (χ4n) is 3.61. The van der Waals surface area contributed by atoms with Gasteiger partial charge < -0.3 is 9.80 Å². The van der Waals surface area contributed by atoms with Crippen molar-refractivity contribution in [2.24, 2.45) is 0 Å². The van der Waals surface area contributed by atoms with E-state index in [1.165, 1.54) is 11.0 Å². The van der Waals surface area contributed by atoms with Gasteiger partial charge in [-0.3, -0.25) is 4.79 Å². The Morgan fingerprint density at radius 2 is 1.80 bits per heavy atom. The van der Waals surface area contributed by atoms with Crippen LogP contribution in [-0.4, -0.2) is 71.8 Å². The summed E-state index contributed by atoms with van der Waals surface area (Å²) >= 11 is 0. The van der Waals surface area contributed by atoms with Crippen molar-refractivity contribution in [2.75, 3.05) is 31.1 Å². The molecule has 152 valence electrons. The Bertz CT molecular complexity index is 1180. The zero-order valence-electron chi connectivity index (χ0n) is 16.6. The number of benzene rings is 1. The van der Waals surface area contributed by atoms with Crippen LogP contribution in [0.2, 0.25) is 0 Å². The molecule has 0 bridgehead atoms. The van der Waals surface area contributed by atoms with Crippen LogP contribution in [0.1, 0.15) is 22.7 Å². The summed E-state index contributed by atoms with van der Waals surface area (Å²) in [4.78, 5) is 18.5. The standard InChI is InChI=1S/C20H21N9O/c1-15-22-23-18-8-9-19(25-28(15)18)26-10-5-11-27(13-12-26)20(30)17-14-21-29(24-17)16-6-3-2-4-7-16/h2-4,6-9,14H,5,10-13H2,1H3. The fraction of sp³-hybridized carbons (Fsp3) is 0.300. The molecule has 1 aromatic carbocycles. The molecule has 0 spiro atoms. The monoisotopic (exact) mass is 403 g/mol. The molecule has 1 aliphatic rings. The van der Waals surface area contributed by atoms with Crippen LogP contribution in [0.3, 0.4) is 0 Å². The van der Waals surface area contributed by atoms with Gasteiger partial charge in [-0.25, -0.2) is 0 Å². The maximum Gasteiger partial charge on any atom is 0.276 e. The van der Waals surface area contributed by atoms with Gasteiger partial charge in [0.25, 0.3) is 5.91 Å². The summed E-state index contributed by atoms with van der Waals surface area (Å²) in [7, 11) is 0. The number of rotatable bonds is 3. The number of nitrogens with zero attached hydrogens (tertiary/aromatic N) is 9. The lowest BCUT2D eigenvalue weighted by Gasteiger charge is -2.22. The molecule has 0 saturated carbocycles. The number of para-hydroxylation sites is 1. The first kappa shape index (κ1) is 18.2. The SMILES string of the molecule is Cc1nnc2ccc(N3CCCN(C(=O)c4cnn(-c5ccccc5)n4)CC3)nn12. The van der Waals surface area contributed by atoms with Gasteiger partial charge in [0.15, 0.2) is 17.2 Å². The zero-order chi connectivity index (χ0) is 20.5. The molecule has 0 unspecified atom stereocenters. The Morgan fingerprint density at radius 1 is 0.933 bits per heavy atom. The van der Waals surface area contributed by atoms with Crippen molar-refractivity contribution in [3.63, 3.8) is 0 Å². The summed E-state index contributed by atoms with van der Waals surface area (Å²) in [5, 5.41) is 21.4. The molecule has 4 aromatic rings. The highest BCUT2D eigenvalue weighted by Crippen LogP contribution is 2.16. The third-order valence-electron chi connectivity index (χ3n) is 5.21. The van der Waals surface area contributed by atoms with Gasteiger partial charge in [0.1, 0.15) is 5.82 Å². The highest BCUT2D eigenvalue weighted by atomic mass is 16.2. The van der Waals surface area contributed by atoms with Crippen molar-refractivity contribution in [2.45, 2.75) is 13.3 Å². The largest absolute Gasteiger partial charge is 0.353 e. The average molecular weight is 403 g/mol. The first-order chi connectivity index (χ1) is 14.7. The molecule has 1 fully saturated rings. The minimum absolute atomic E-state index is 0.0999. The average Bonchev–Trinajstić information content (AvgIpc) is 3.34. The van der Waals surface area contributed by atoms with Crippen molar-refractivity contribution in [1.82, 2.24) is 39.7 Å². The predicted octanol–water partition coefficient (Wildman–Crippen LogP) is 1.37. The Balaban J connectivity index is 1.30. The number of aryl methyl sites for hydroxylation is 1. The fourth-order valence-corrected chi connectivity index (χ4v) is 3.61. The maximum atomic E-state index is 13.0. The summed E-state index contributed by atoms with van der Waals surface area (Å²) in [6, 6.07) is 13.4. The minimum atomic E-state index is -0.0999. The number of amides is 1. The Kier molecular flexibility index (Phi) is 4.58. The highest BCUT2D eigenvalue weighted by Gasteiger charge is 2.23. The van der Waals surface area contributed by atoms with Gasteiger partial charge >= 0.3 is 0 Å². The zero-order valence-corrected chi connectivity index (χ0v) is 16.6. The summed E-state index contributed by atoms with van der Waals surface area (Å²) < 4.78 is 1.74. The Morgan fingerprint density at radius 3 is 2.67 bits per heavy atom. The maximum absolute atomic E-state index is 13.0. The number of aromatic nitrogens is 7. The molecule has 1 saturated heterocycles. The van der Waals surface area contributed by atoms with Gasteiger partial charge in [-0.2, -0.15) is 14.4 Å². The van der Waals surface area contributed by atoms with Crippen LogP contribution in [-0.2, 0) is 0 Å². The van der Waals surface area contributed by atoms with Crippen molar-refractivity contribution in [3.8, 4) is 5.69 Å². The van der Waals surface area contributed by atoms with E-state index in [2.05, 4.69) is 30.4 Å². The molecule has 0 aliphatic carbocycles. The van der Waals surface area contributed by atoms with E-state index in [4.69, 9.17) is 0 Å². The van der Waals surface area contributed by atoms with E-state index in [1.807, 2.05) is 54.3 Å². The second kappa shape index (κ2) is 7.54. The summed E-state index contributed by atoms with van der Waals surface area (Å²) in [5.41, 5.74) is 1.90. The molecule has 5 rings (SSSR count). The first-order valence-electron chi connectivity index (χ1n) is 9.90. The third-order valence-corrected chi connectivity index (χ3v) is 5.21. The molecule has 10 nitrogen and oxygen atoms in total. The molecule has 1 aliphatic heterocycles. The van der Waals surface area contributed by atoms with E-state index in [0.29, 0.717) is 25.3 Å². The quantitative estimate of drug-likeness (QED) is 0.509. The number of hydrogen-bond acceptors (Lipinski definition) is 7. The van der Waals surface area contributed by atoms with E-state index in [-0.39, 0.29) is 5.91 Å². The number of fused-ring (bicyclic) bond motifs is 1. The lowest BCUT2D eigenvalue weighted by molar-refractivity contribution is 0.0760. The van der Waals surface area contributed by atoms with E-state index >= 15 is 0 Å². The number of carbonyl (C=O) groups excluding carboxylic acids is 1. The lowest BCUT2D eigenvalue weighted by atomic mass is 10.3. The van der Waals surface area contributed by atoms with Crippen molar-refractivity contribution < 1.29 is 4.79 Å². The Labute approximate surface area is 172 Å². The normalized spacial score (nSPS) is 14.8. The first-order valence-corrected chi connectivity index (χ1v) is 9.90. The van der Waals surface area contributed by atoms with Gasteiger partial charge in [-0.15, -0.1) is 20.4 Å². The molecule has 0 atom stereocenters. The molecule has 3 aromatic heterocycles. The van der Waals surface area contributed by atoms with Gasteiger partial charge in [-0.05, 0) is 37.6 Å². The van der Waals surface area contributed by atoms with Gasteiger partial charge in [-0.1, -0.05) is 18.2 Å². The molecule has 30 heavy (non-hydrogen) atoms. The van der Waals surface area contributed by atoms with Crippen LogP contribution in [0.4, 0.5) is 5.82 Å². The van der Waals surface area contributed by atoms with Crippen LogP contribution in [0.25, 0.3) is 11.3 Å². The van der Waals surface area contributed by atoms with Gasteiger partial charge in [0.05, 0.1) is 11.9 Å². The summed E-state index contributed by atoms with van der Waals surface area (Å²) in [6.07, 6.45) is 2.38. The van der Waals surface area contributed by atoms with Crippen molar-refractivity contribution in [3.05, 3.63) is 60.2 Å². The topological polar surface area (TPSA) is 97.3 Å². The number of anilines is 1. The van der Waals surface area contributed by atoms with Crippen LogP contribution < -0.4 is 4.90 Å². The van der Waals surface area contributed by atoms with Gasteiger partial charge in [0.2, 0.25) is 0 Å². The molecular weight excluding hydrogens is 382 g/mol. The van der Waals surface area contributed by atoms with E-state index in [0.717, 1.165) is 35.9 Å². The molecule has 0 radical (unpaired) electrons. The molecule has 10 heteroatoms. The highest BCUT2D eigenvalue weighted by molar-refractivity contribution is 5.92. The number of hydrogen-bond donors (Lipinski definition) is 0. The molecule has 4 heterocycles.